The summed E-state index contributed by atoms with van der Waals surface area (Å²) in [6.07, 6.45) is 7.54. The Balaban J connectivity index is 0.000000606. The molecule has 84 valence electrons. The minimum atomic E-state index is 0.939. The van der Waals surface area contributed by atoms with E-state index in [9.17, 15) is 0 Å². The molecule has 0 spiro atoms. The molecule has 0 aliphatic carbocycles. The zero-order valence-corrected chi connectivity index (χ0v) is 10.1. The van der Waals surface area contributed by atoms with E-state index in [1.165, 1.54) is 5.56 Å². The first kappa shape index (κ1) is 12.2. The third-order valence-corrected chi connectivity index (χ3v) is 2.21. The summed E-state index contributed by atoms with van der Waals surface area (Å²) in [5.41, 5.74) is 3.26. The summed E-state index contributed by atoms with van der Waals surface area (Å²) in [7, 11) is 0. The first-order valence-electron chi connectivity index (χ1n) is 5.55. The van der Waals surface area contributed by atoms with Gasteiger partial charge >= 0.3 is 0 Å². The van der Waals surface area contributed by atoms with Crippen molar-refractivity contribution in [3.8, 4) is 0 Å². The highest BCUT2D eigenvalue weighted by Crippen LogP contribution is 2.21. The Labute approximate surface area is 96.7 Å². The molecule has 0 unspecified atom stereocenters. The van der Waals surface area contributed by atoms with Crippen LogP contribution in [-0.2, 0) is 0 Å². The van der Waals surface area contributed by atoms with Gasteiger partial charge in [-0.05, 0) is 19.1 Å². The van der Waals surface area contributed by atoms with Crippen LogP contribution in [0.3, 0.4) is 0 Å². The van der Waals surface area contributed by atoms with Crippen molar-refractivity contribution in [1.82, 2.24) is 9.97 Å². The van der Waals surface area contributed by atoms with Crippen LogP contribution in [0.4, 0.5) is 0 Å². The van der Waals surface area contributed by atoms with Gasteiger partial charge in [-0.1, -0.05) is 38.7 Å². The molecule has 2 heteroatoms. The highest BCUT2D eigenvalue weighted by atomic mass is 14.8. The SMILES string of the molecule is C=C/C=C\c1c(C)[nH]c2ncccc12.CC. The van der Waals surface area contributed by atoms with E-state index < -0.39 is 0 Å². The number of H-pyrrole nitrogens is 1. The Hall–Kier alpha value is -1.83. The molecule has 0 aliphatic rings. The summed E-state index contributed by atoms with van der Waals surface area (Å²) in [5, 5.41) is 1.16. The maximum atomic E-state index is 4.26. The summed E-state index contributed by atoms with van der Waals surface area (Å²) in [6, 6.07) is 4.01. The van der Waals surface area contributed by atoms with Gasteiger partial charge in [0.2, 0.25) is 0 Å². The molecule has 0 aromatic carbocycles. The van der Waals surface area contributed by atoms with Crippen molar-refractivity contribution in [2.24, 2.45) is 0 Å². The van der Waals surface area contributed by atoms with Crippen molar-refractivity contribution in [2.45, 2.75) is 20.8 Å². The van der Waals surface area contributed by atoms with E-state index in [1.54, 1.807) is 12.3 Å². The average Bonchev–Trinajstić information content (AvgIpc) is 2.65. The molecule has 0 amide bonds. The van der Waals surface area contributed by atoms with E-state index in [-0.39, 0.29) is 0 Å². The van der Waals surface area contributed by atoms with Crippen LogP contribution in [0.15, 0.2) is 37.1 Å². The molecule has 2 aromatic heterocycles. The molecule has 0 saturated carbocycles. The van der Waals surface area contributed by atoms with Crippen LogP contribution < -0.4 is 0 Å². The average molecular weight is 214 g/mol. The molecule has 16 heavy (non-hydrogen) atoms. The molecule has 0 bridgehead atoms. The summed E-state index contributed by atoms with van der Waals surface area (Å²) in [4.78, 5) is 7.49. The van der Waals surface area contributed by atoms with E-state index in [0.717, 1.165) is 16.7 Å². The zero-order chi connectivity index (χ0) is 12.0. The van der Waals surface area contributed by atoms with Crippen LogP contribution in [0, 0.1) is 6.92 Å². The molecule has 2 heterocycles. The highest BCUT2D eigenvalue weighted by molar-refractivity contribution is 5.88. The second-order valence-electron chi connectivity index (χ2n) is 3.16. The molecule has 0 atom stereocenters. The van der Waals surface area contributed by atoms with Crippen LogP contribution in [0.2, 0.25) is 0 Å². The van der Waals surface area contributed by atoms with Crippen LogP contribution in [-0.4, -0.2) is 9.97 Å². The molecular weight excluding hydrogens is 196 g/mol. The number of nitrogens with zero attached hydrogens (tertiary/aromatic N) is 1. The predicted molar refractivity (Wildman–Crippen MR) is 71.4 cm³/mol. The predicted octanol–water partition coefficient (Wildman–Crippen LogP) is 4.10. The number of aryl methyl sites for hydroxylation is 1. The Bertz CT molecular complexity index is 492. The topological polar surface area (TPSA) is 28.7 Å². The molecule has 0 saturated heterocycles. The van der Waals surface area contributed by atoms with Gasteiger partial charge in [0.15, 0.2) is 0 Å². The van der Waals surface area contributed by atoms with Gasteiger partial charge in [0, 0.05) is 22.8 Å². The van der Waals surface area contributed by atoms with E-state index in [1.807, 2.05) is 39.0 Å². The number of rotatable bonds is 2. The summed E-state index contributed by atoms with van der Waals surface area (Å²) >= 11 is 0. The number of hydrogen-bond donors (Lipinski definition) is 1. The van der Waals surface area contributed by atoms with Crippen molar-refractivity contribution in [3.05, 3.63) is 48.3 Å². The maximum Gasteiger partial charge on any atom is 0.138 e. The van der Waals surface area contributed by atoms with Crippen LogP contribution in [0.5, 0.6) is 0 Å². The molecule has 2 aromatic rings. The minimum absolute atomic E-state index is 0.939. The van der Waals surface area contributed by atoms with Crippen molar-refractivity contribution < 1.29 is 0 Å². The van der Waals surface area contributed by atoms with Gasteiger partial charge in [0.25, 0.3) is 0 Å². The van der Waals surface area contributed by atoms with E-state index in [4.69, 9.17) is 0 Å². The first-order valence-corrected chi connectivity index (χ1v) is 5.55. The first-order chi connectivity index (χ1) is 7.83. The lowest BCUT2D eigenvalue weighted by Crippen LogP contribution is -1.72. The molecule has 0 aliphatic heterocycles. The van der Waals surface area contributed by atoms with Gasteiger partial charge in [-0.25, -0.2) is 4.98 Å². The minimum Gasteiger partial charge on any atom is -0.343 e. The second kappa shape index (κ2) is 5.91. The number of fused-ring (bicyclic) bond motifs is 1. The fourth-order valence-electron chi connectivity index (χ4n) is 1.55. The third kappa shape index (κ3) is 2.40. The van der Waals surface area contributed by atoms with Crippen LogP contribution >= 0.6 is 0 Å². The number of hydrogen-bond acceptors (Lipinski definition) is 1. The number of allylic oxidation sites excluding steroid dienone is 2. The fourth-order valence-corrected chi connectivity index (χ4v) is 1.55. The molecule has 1 N–H and O–H groups in total. The Kier molecular flexibility index (Phi) is 4.52. The Morgan fingerprint density at radius 3 is 2.81 bits per heavy atom. The molecule has 2 rings (SSSR count). The van der Waals surface area contributed by atoms with Crippen LogP contribution in [0.1, 0.15) is 25.1 Å². The number of aromatic nitrogens is 2. The normalized spacial score (nSPS) is 10.2. The Morgan fingerprint density at radius 1 is 1.38 bits per heavy atom. The van der Waals surface area contributed by atoms with Gasteiger partial charge in [-0.15, -0.1) is 0 Å². The van der Waals surface area contributed by atoms with Gasteiger partial charge in [-0.2, -0.15) is 0 Å². The quantitative estimate of drug-likeness (QED) is 0.749. The van der Waals surface area contributed by atoms with Gasteiger partial charge in [0.1, 0.15) is 5.65 Å². The second-order valence-corrected chi connectivity index (χ2v) is 3.16. The summed E-state index contributed by atoms with van der Waals surface area (Å²) in [6.45, 7) is 9.70. The summed E-state index contributed by atoms with van der Waals surface area (Å²) < 4.78 is 0. The standard InChI is InChI=1S/C12H12N2.C2H6/c1-3-4-6-10-9(2)14-12-11(10)7-5-8-13-12;1-2/h3-8H,1H2,2H3,(H,13,14);1-2H3/b6-4-;. The van der Waals surface area contributed by atoms with E-state index in [0.29, 0.717) is 0 Å². The number of pyridine rings is 1. The lowest BCUT2D eigenvalue weighted by Gasteiger charge is -1.90. The summed E-state index contributed by atoms with van der Waals surface area (Å²) in [5.74, 6) is 0. The van der Waals surface area contributed by atoms with Crippen molar-refractivity contribution in [2.75, 3.05) is 0 Å². The number of aromatic amines is 1. The smallest absolute Gasteiger partial charge is 0.138 e. The molecule has 0 fully saturated rings. The monoisotopic (exact) mass is 214 g/mol. The van der Waals surface area contributed by atoms with E-state index in [2.05, 4.69) is 22.6 Å². The molecule has 2 nitrogen and oxygen atoms in total. The Morgan fingerprint density at radius 2 is 2.12 bits per heavy atom. The van der Waals surface area contributed by atoms with Gasteiger partial charge in [0.05, 0.1) is 0 Å². The van der Waals surface area contributed by atoms with E-state index >= 15 is 0 Å². The van der Waals surface area contributed by atoms with Gasteiger partial charge < -0.3 is 4.98 Å². The van der Waals surface area contributed by atoms with Crippen molar-refractivity contribution >= 4 is 17.1 Å². The highest BCUT2D eigenvalue weighted by Gasteiger charge is 2.04. The van der Waals surface area contributed by atoms with Crippen LogP contribution in [0.25, 0.3) is 17.1 Å². The van der Waals surface area contributed by atoms with Crippen molar-refractivity contribution in [3.63, 3.8) is 0 Å². The lowest BCUT2D eigenvalue weighted by molar-refractivity contribution is 1.24. The maximum absolute atomic E-state index is 4.26. The largest absolute Gasteiger partial charge is 0.343 e. The lowest BCUT2D eigenvalue weighted by atomic mass is 10.1. The molecular formula is C14H18N2. The van der Waals surface area contributed by atoms with Gasteiger partial charge in [-0.3, -0.25) is 0 Å². The zero-order valence-electron chi connectivity index (χ0n) is 10.1. The third-order valence-electron chi connectivity index (χ3n) is 2.21. The number of nitrogens with one attached hydrogen (secondary N) is 1. The molecule has 0 radical (unpaired) electrons. The fraction of sp³-hybridized carbons (Fsp3) is 0.214. The van der Waals surface area contributed by atoms with Crippen molar-refractivity contribution in [1.29, 1.82) is 0 Å².